The highest BCUT2D eigenvalue weighted by Gasteiger charge is 2.21. The van der Waals surface area contributed by atoms with Gasteiger partial charge < -0.3 is 4.74 Å². The van der Waals surface area contributed by atoms with E-state index in [1.54, 1.807) is 19.5 Å². The van der Waals surface area contributed by atoms with Crippen LogP contribution in [0.25, 0.3) is 0 Å². The molecule has 5 nitrogen and oxygen atoms in total. The molecule has 2 aromatic rings. The summed E-state index contributed by atoms with van der Waals surface area (Å²) >= 11 is 6.04. The Hall–Kier alpha value is -1.69. The lowest BCUT2D eigenvalue weighted by molar-refractivity contribution is 0.383. The number of rotatable bonds is 4. The van der Waals surface area contributed by atoms with Crippen molar-refractivity contribution in [1.29, 1.82) is 0 Å². The standard InChI is InChI=1S/C13H15ClN4O/c1-8-3-4-9(14)7-10(8)11(18-15)12-13(19-2)17-6-5-16-12/h3-7,11,18H,15H2,1-2H3. The molecule has 0 aliphatic rings. The molecule has 1 heterocycles. The highest BCUT2D eigenvalue weighted by Crippen LogP contribution is 2.29. The Labute approximate surface area is 116 Å². The number of methoxy groups -OCH3 is 1. The van der Waals surface area contributed by atoms with Crippen LogP contribution in [0.3, 0.4) is 0 Å². The number of halogens is 1. The van der Waals surface area contributed by atoms with Gasteiger partial charge in [0.1, 0.15) is 5.69 Å². The Morgan fingerprint density at radius 1 is 1.32 bits per heavy atom. The molecule has 1 unspecified atom stereocenters. The van der Waals surface area contributed by atoms with Crippen molar-refractivity contribution in [3.63, 3.8) is 0 Å². The van der Waals surface area contributed by atoms with Crippen molar-refractivity contribution in [2.45, 2.75) is 13.0 Å². The normalized spacial score (nSPS) is 12.2. The molecular formula is C13H15ClN4O. The number of nitrogens with zero attached hydrogens (tertiary/aromatic N) is 2. The van der Waals surface area contributed by atoms with Crippen molar-refractivity contribution in [3.05, 3.63) is 52.4 Å². The largest absolute Gasteiger partial charge is 0.480 e. The summed E-state index contributed by atoms with van der Waals surface area (Å²) in [6, 6.07) is 5.30. The SMILES string of the molecule is COc1nccnc1C(NN)c1cc(Cl)ccc1C. The summed E-state index contributed by atoms with van der Waals surface area (Å²) in [7, 11) is 1.55. The third-order valence-corrected chi connectivity index (χ3v) is 3.11. The number of aromatic nitrogens is 2. The minimum absolute atomic E-state index is 0.331. The highest BCUT2D eigenvalue weighted by atomic mass is 35.5. The fourth-order valence-electron chi connectivity index (χ4n) is 1.93. The van der Waals surface area contributed by atoms with Gasteiger partial charge in [-0.05, 0) is 30.2 Å². The predicted molar refractivity (Wildman–Crippen MR) is 73.9 cm³/mol. The van der Waals surface area contributed by atoms with Gasteiger partial charge in [-0.25, -0.2) is 10.4 Å². The number of hydrazine groups is 1. The van der Waals surface area contributed by atoms with Crippen molar-refractivity contribution >= 4 is 11.6 Å². The number of ether oxygens (including phenoxy) is 1. The van der Waals surface area contributed by atoms with E-state index < -0.39 is 0 Å². The van der Waals surface area contributed by atoms with E-state index in [0.29, 0.717) is 16.6 Å². The minimum Gasteiger partial charge on any atom is -0.480 e. The van der Waals surface area contributed by atoms with Crippen LogP contribution in [0.2, 0.25) is 5.02 Å². The van der Waals surface area contributed by atoms with Crippen molar-refractivity contribution in [2.24, 2.45) is 5.84 Å². The third-order valence-electron chi connectivity index (χ3n) is 2.88. The van der Waals surface area contributed by atoms with Crippen LogP contribution in [0.1, 0.15) is 22.9 Å². The van der Waals surface area contributed by atoms with E-state index in [2.05, 4.69) is 15.4 Å². The van der Waals surface area contributed by atoms with E-state index in [9.17, 15) is 0 Å². The summed E-state index contributed by atoms with van der Waals surface area (Å²) in [5.41, 5.74) is 5.35. The van der Waals surface area contributed by atoms with Crippen molar-refractivity contribution in [2.75, 3.05) is 7.11 Å². The number of aryl methyl sites for hydroxylation is 1. The van der Waals surface area contributed by atoms with E-state index in [0.717, 1.165) is 11.1 Å². The molecule has 0 spiro atoms. The minimum atomic E-state index is -0.331. The first-order valence-electron chi connectivity index (χ1n) is 5.74. The topological polar surface area (TPSA) is 73.1 Å². The van der Waals surface area contributed by atoms with Crippen molar-refractivity contribution in [1.82, 2.24) is 15.4 Å². The molecule has 0 radical (unpaired) electrons. The number of nitrogens with one attached hydrogen (secondary N) is 1. The van der Waals surface area contributed by atoms with Gasteiger partial charge in [0.15, 0.2) is 0 Å². The monoisotopic (exact) mass is 278 g/mol. The predicted octanol–water partition coefficient (Wildman–Crippen LogP) is 2.00. The van der Waals surface area contributed by atoms with Crippen LogP contribution < -0.4 is 16.0 Å². The summed E-state index contributed by atoms with van der Waals surface area (Å²) in [5, 5.41) is 0.642. The molecule has 0 amide bonds. The summed E-state index contributed by atoms with van der Waals surface area (Å²) < 4.78 is 5.22. The molecule has 1 aromatic heterocycles. The lowest BCUT2D eigenvalue weighted by atomic mass is 9.99. The average Bonchev–Trinajstić information content (AvgIpc) is 2.44. The lowest BCUT2D eigenvalue weighted by Crippen LogP contribution is -2.30. The smallest absolute Gasteiger partial charge is 0.237 e. The maximum Gasteiger partial charge on any atom is 0.237 e. The van der Waals surface area contributed by atoms with Gasteiger partial charge in [-0.3, -0.25) is 10.8 Å². The molecule has 3 N–H and O–H groups in total. The van der Waals surface area contributed by atoms with Crippen molar-refractivity contribution < 1.29 is 4.74 Å². The second-order valence-electron chi connectivity index (χ2n) is 4.05. The van der Waals surface area contributed by atoms with Gasteiger partial charge in [-0.1, -0.05) is 17.7 Å². The number of nitrogens with two attached hydrogens (primary N) is 1. The summed E-state index contributed by atoms with van der Waals surface area (Å²) in [6.45, 7) is 1.98. The summed E-state index contributed by atoms with van der Waals surface area (Å²) in [6.07, 6.45) is 3.17. The fourth-order valence-corrected chi connectivity index (χ4v) is 2.11. The van der Waals surface area contributed by atoms with Gasteiger partial charge in [0.05, 0.1) is 13.2 Å². The Balaban J connectivity index is 2.53. The molecule has 1 aromatic carbocycles. The van der Waals surface area contributed by atoms with Crippen LogP contribution in [-0.2, 0) is 0 Å². The van der Waals surface area contributed by atoms with Crippen LogP contribution in [0, 0.1) is 6.92 Å². The zero-order valence-electron chi connectivity index (χ0n) is 10.7. The second kappa shape index (κ2) is 5.97. The molecule has 0 fully saturated rings. The van der Waals surface area contributed by atoms with E-state index in [1.807, 2.05) is 25.1 Å². The maximum absolute atomic E-state index is 6.04. The van der Waals surface area contributed by atoms with Gasteiger partial charge >= 0.3 is 0 Å². The van der Waals surface area contributed by atoms with E-state index in [1.165, 1.54) is 0 Å². The summed E-state index contributed by atoms with van der Waals surface area (Å²) in [5.74, 6) is 6.10. The van der Waals surface area contributed by atoms with Crippen LogP contribution in [0.15, 0.2) is 30.6 Å². The van der Waals surface area contributed by atoms with Gasteiger partial charge in [0, 0.05) is 17.4 Å². The summed E-state index contributed by atoms with van der Waals surface area (Å²) in [4.78, 5) is 8.43. The maximum atomic E-state index is 6.04. The van der Waals surface area contributed by atoms with Crippen LogP contribution >= 0.6 is 11.6 Å². The van der Waals surface area contributed by atoms with Crippen LogP contribution in [0.4, 0.5) is 0 Å². The molecule has 0 bridgehead atoms. The number of benzene rings is 1. The molecule has 0 saturated carbocycles. The van der Waals surface area contributed by atoms with E-state index in [-0.39, 0.29) is 6.04 Å². The van der Waals surface area contributed by atoms with Gasteiger partial charge in [0.2, 0.25) is 5.88 Å². The zero-order valence-corrected chi connectivity index (χ0v) is 11.5. The first kappa shape index (κ1) is 13.7. The first-order chi connectivity index (χ1) is 9.17. The Morgan fingerprint density at radius 3 is 2.74 bits per heavy atom. The van der Waals surface area contributed by atoms with Crippen LogP contribution in [-0.4, -0.2) is 17.1 Å². The lowest BCUT2D eigenvalue weighted by Gasteiger charge is -2.19. The van der Waals surface area contributed by atoms with Gasteiger partial charge in [-0.2, -0.15) is 0 Å². The Bertz CT molecular complexity index is 576. The molecule has 0 saturated heterocycles. The van der Waals surface area contributed by atoms with Gasteiger partial charge in [-0.15, -0.1) is 0 Å². The Morgan fingerprint density at radius 2 is 2.05 bits per heavy atom. The quantitative estimate of drug-likeness (QED) is 0.661. The highest BCUT2D eigenvalue weighted by molar-refractivity contribution is 6.30. The molecule has 0 aliphatic heterocycles. The molecule has 19 heavy (non-hydrogen) atoms. The molecule has 6 heteroatoms. The number of hydrogen-bond donors (Lipinski definition) is 2. The third kappa shape index (κ3) is 2.84. The van der Waals surface area contributed by atoms with Gasteiger partial charge in [0.25, 0.3) is 0 Å². The Kier molecular flexibility index (Phi) is 4.31. The fraction of sp³-hybridized carbons (Fsp3) is 0.231. The van der Waals surface area contributed by atoms with E-state index in [4.69, 9.17) is 22.2 Å². The number of hydrogen-bond acceptors (Lipinski definition) is 5. The molecule has 0 aliphatic carbocycles. The molecule has 100 valence electrons. The molecular weight excluding hydrogens is 264 g/mol. The van der Waals surface area contributed by atoms with Crippen molar-refractivity contribution in [3.8, 4) is 5.88 Å². The average molecular weight is 279 g/mol. The second-order valence-corrected chi connectivity index (χ2v) is 4.49. The van der Waals surface area contributed by atoms with E-state index >= 15 is 0 Å². The first-order valence-corrected chi connectivity index (χ1v) is 6.12. The zero-order chi connectivity index (χ0) is 13.8. The van der Waals surface area contributed by atoms with Crippen LogP contribution in [0.5, 0.6) is 5.88 Å². The molecule has 2 rings (SSSR count). The molecule has 1 atom stereocenters.